The molecule has 0 aromatic heterocycles. The van der Waals surface area contributed by atoms with Gasteiger partial charge < -0.3 is 14.9 Å². The second-order valence-corrected chi connectivity index (χ2v) is 5.93. The van der Waals surface area contributed by atoms with Crippen LogP contribution in [0.3, 0.4) is 0 Å². The van der Waals surface area contributed by atoms with Gasteiger partial charge in [0.05, 0.1) is 12.8 Å². The summed E-state index contributed by atoms with van der Waals surface area (Å²) in [5.41, 5.74) is 2.58. The standard InChI is InChI=1S/C18H19BrN2O3/c1-3-23-16-7-4-14(5-8-16)11-20-24-12-18(22)21-17-9-6-15(19)10-13(17)2/h4-11H,3,12H2,1-2H3,(H,21,22)/b20-11+. The molecule has 0 bridgehead atoms. The Hall–Kier alpha value is -2.34. The highest BCUT2D eigenvalue weighted by Crippen LogP contribution is 2.19. The molecule has 2 aromatic carbocycles. The second kappa shape index (κ2) is 9.08. The van der Waals surface area contributed by atoms with Crippen LogP contribution in [-0.4, -0.2) is 25.3 Å². The van der Waals surface area contributed by atoms with E-state index in [1.807, 2.05) is 56.3 Å². The summed E-state index contributed by atoms with van der Waals surface area (Å²) >= 11 is 3.38. The van der Waals surface area contributed by atoms with E-state index in [-0.39, 0.29) is 12.5 Å². The number of anilines is 1. The van der Waals surface area contributed by atoms with Gasteiger partial charge >= 0.3 is 0 Å². The van der Waals surface area contributed by atoms with Gasteiger partial charge in [-0.3, -0.25) is 4.79 Å². The fourth-order valence-electron chi connectivity index (χ4n) is 1.96. The van der Waals surface area contributed by atoms with Crippen LogP contribution in [0.1, 0.15) is 18.1 Å². The number of rotatable bonds is 7. The zero-order chi connectivity index (χ0) is 17.4. The highest BCUT2D eigenvalue weighted by atomic mass is 79.9. The molecule has 0 aliphatic heterocycles. The van der Waals surface area contributed by atoms with Gasteiger partial charge in [0.1, 0.15) is 5.75 Å². The van der Waals surface area contributed by atoms with Gasteiger partial charge in [0, 0.05) is 10.2 Å². The maximum atomic E-state index is 11.8. The molecule has 0 saturated carbocycles. The van der Waals surface area contributed by atoms with E-state index in [2.05, 4.69) is 26.4 Å². The van der Waals surface area contributed by atoms with E-state index in [0.717, 1.165) is 27.0 Å². The van der Waals surface area contributed by atoms with Crippen molar-refractivity contribution in [2.24, 2.45) is 5.16 Å². The van der Waals surface area contributed by atoms with Crippen molar-refractivity contribution in [3.8, 4) is 5.75 Å². The third-order valence-electron chi connectivity index (χ3n) is 3.13. The molecule has 0 aliphatic rings. The van der Waals surface area contributed by atoms with Crippen LogP contribution in [0.15, 0.2) is 52.1 Å². The monoisotopic (exact) mass is 390 g/mol. The number of hydrogen-bond donors (Lipinski definition) is 1. The van der Waals surface area contributed by atoms with Crippen LogP contribution in [0.5, 0.6) is 5.75 Å². The van der Waals surface area contributed by atoms with Crippen LogP contribution in [0.2, 0.25) is 0 Å². The SMILES string of the molecule is CCOc1ccc(/C=N/OCC(=O)Nc2ccc(Br)cc2C)cc1. The minimum atomic E-state index is -0.260. The van der Waals surface area contributed by atoms with Gasteiger partial charge in [-0.05, 0) is 67.4 Å². The average Bonchev–Trinajstić information content (AvgIpc) is 2.56. The van der Waals surface area contributed by atoms with Gasteiger partial charge in [-0.25, -0.2) is 0 Å². The van der Waals surface area contributed by atoms with Gasteiger partial charge in [-0.15, -0.1) is 0 Å². The number of carbonyl (C=O) groups excluding carboxylic acids is 1. The van der Waals surface area contributed by atoms with Crippen LogP contribution in [0, 0.1) is 6.92 Å². The second-order valence-electron chi connectivity index (χ2n) is 5.02. The van der Waals surface area contributed by atoms with Crippen molar-refractivity contribution in [3.05, 3.63) is 58.1 Å². The van der Waals surface area contributed by atoms with E-state index < -0.39 is 0 Å². The average molecular weight is 391 g/mol. The minimum Gasteiger partial charge on any atom is -0.494 e. The first-order chi connectivity index (χ1) is 11.6. The number of aryl methyl sites for hydroxylation is 1. The predicted molar refractivity (Wildman–Crippen MR) is 98.7 cm³/mol. The van der Waals surface area contributed by atoms with Gasteiger partial charge in [-0.1, -0.05) is 21.1 Å². The van der Waals surface area contributed by atoms with Crippen molar-refractivity contribution in [3.63, 3.8) is 0 Å². The molecule has 0 spiro atoms. The summed E-state index contributed by atoms with van der Waals surface area (Å²) in [7, 11) is 0. The lowest BCUT2D eigenvalue weighted by Crippen LogP contribution is -2.17. The first-order valence-corrected chi connectivity index (χ1v) is 8.32. The Labute approximate surface area is 149 Å². The van der Waals surface area contributed by atoms with Crippen molar-refractivity contribution in [2.45, 2.75) is 13.8 Å². The molecule has 1 amide bonds. The number of ether oxygens (including phenoxy) is 1. The fraction of sp³-hybridized carbons (Fsp3) is 0.222. The summed E-state index contributed by atoms with van der Waals surface area (Å²) in [6.07, 6.45) is 1.55. The molecule has 126 valence electrons. The zero-order valence-corrected chi connectivity index (χ0v) is 15.2. The maximum Gasteiger partial charge on any atom is 0.265 e. The first kappa shape index (κ1) is 18.0. The normalized spacial score (nSPS) is 10.6. The van der Waals surface area contributed by atoms with Crippen molar-refractivity contribution in [2.75, 3.05) is 18.5 Å². The number of carbonyl (C=O) groups is 1. The quantitative estimate of drug-likeness (QED) is 0.570. The molecule has 6 heteroatoms. The van der Waals surface area contributed by atoms with Gasteiger partial charge in [0.15, 0.2) is 6.61 Å². The highest BCUT2D eigenvalue weighted by molar-refractivity contribution is 9.10. The van der Waals surface area contributed by atoms with Gasteiger partial charge in [0.2, 0.25) is 0 Å². The molecule has 0 saturated heterocycles. The Kier molecular flexibility index (Phi) is 6.81. The minimum absolute atomic E-state index is 0.150. The molecular formula is C18H19BrN2O3. The summed E-state index contributed by atoms with van der Waals surface area (Å²) < 4.78 is 6.33. The molecule has 0 aliphatic carbocycles. The molecule has 0 radical (unpaired) electrons. The number of halogens is 1. The van der Waals surface area contributed by atoms with E-state index >= 15 is 0 Å². The zero-order valence-electron chi connectivity index (χ0n) is 13.6. The van der Waals surface area contributed by atoms with E-state index in [0.29, 0.717) is 6.61 Å². The number of oxime groups is 1. The molecule has 0 fully saturated rings. The summed E-state index contributed by atoms with van der Waals surface area (Å²) in [6.45, 7) is 4.34. The van der Waals surface area contributed by atoms with E-state index in [1.165, 1.54) is 0 Å². The lowest BCUT2D eigenvalue weighted by molar-refractivity contribution is -0.120. The molecule has 2 aromatic rings. The number of nitrogens with one attached hydrogen (secondary N) is 1. The van der Waals surface area contributed by atoms with Crippen LogP contribution >= 0.6 is 15.9 Å². The Morgan fingerprint density at radius 2 is 2.00 bits per heavy atom. The van der Waals surface area contributed by atoms with Crippen LogP contribution in [0.4, 0.5) is 5.69 Å². The van der Waals surface area contributed by atoms with Crippen molar-refractivity contribution in [1.29, 1.82) is 0 Å². The fourth-order valence-corrected chi connectivity index (χ4v) is 2.44. The summed E-state index contributed by atoms with van der Waals surface area (Å²) in [4.78, 5) is 16.9. The number of nitrogens with zero attached hydrogens (tertiary/aromatic N) is 1. The van der Waals surface area contributed by atoms with Crippen molar-refractivity contribution >= 4 is 33.7 Å². The summed E-state index contributed by atoms with van der Waals surface area (Å²) in [5.74, 6) is 0.545. The largest absolute Gasteiger partial charge is 0.494 e. The molecule has 0 unspecified atom stereocenters. The lowest BCUT2D eigenvalue weighted by atomic mass is 10.2. The molecule has 24 heavy (non-hydrogen) atoms. The van der Waals surface area contributed by atoms with Crippen molar-refractivity contribution < 1.29 is 14.4 Å². The third-order valence-corrected chi connectivity index (χ3v) is 3.62. The third kappa shape index (κ3) is 5.70. The first-order valence-electron chi connectivity index (χ1n) is 7.52. The molecule has 1 N–H and O–H groups in total. The van der Waals surface area contributed by atoms with Crippen LogP contribution in [0.25, 0.3) is 0 Å². The predicted octanol–water partition coefficient (Wildman–Crippen LogP) is 4.15. The van der Waals surface area contributed by atoms with Crippen molar-refractivity contribution in [1.82, 2.24) is 0 Å². The maximum absolute atomic E-state index is 11.8. The Bertz CT molecular complexity index is 715. The molecule has 0 heterocycles. The number of hydrogen-bond acceptors (Lipinski definition) is 4. The molecule has 0 atom stereocenters. The van der Waals surface area contributed by atoms with Gasteiger partial charge in [-0.2, -0.15) is 0 Å². The van der Waals surface area contributed by atoms with E-state index in [4.69, 9.17) is 9.57 Å². The number of benzene rings is 2. The van der Waals surface area contributed by atoms with Crippen LogP contribution < -0.4 is 10.1 Å². The Morgan fingerprint density at radius 1 is 1.25 bits per heavy atom. The number of amides is 1. The summed E-state index contributed by atoms with van der Waals surface area (Å²) in [6, 6.07) is 13.1. The molecule has 2 rings (SSSR count). The Balaban J connectivity index is 1.79. The topological polar surface area (TPSA) is 59.9 Å². The smallest absolute Gasteiger partial charge is 0.265 e. The molecule has 5 nitrogen and oxygen atoms in total. The highest BCUT2D eigenvalue weighted by Gasteiger charge is 2.05. The Morgan fingerprint density at radius 3 is 2.67 bits per heavy atom. The summed E-state index contributed by atoms with van der Waals surface area (Å²) in [5, 5.41) is 6.58. The lowest BCUT2D eigenvalue weighted by Gasteiger charge is -2.07. The van der Waals surface area contributed by atoms with E-state index in [1.54, 1.807) is 6.21 Å². The van der Waals surface area contributed by atoms with E-state index in [9.17, 15) is 4.79 Å². The van der Waals surface area contributed by atoms with Crippen LogP contribution in [-0.2, 0) is 9.63 Å². The van der Waals surface area contributed by atoms with Gasteiger partial charge in [0.25, 0.3) is 5.91 Å². The molecular weight excluding hydrogens is 372 g/mol.